The Morgan fingerprint density at radius 3 is 1.50 bits per heavy atom. The number of hydrogen-bond donors (Lipinski definition) is 3. The van der Waals surface area contributed by atoms with Gasteiger partial charge in [-0.1, -0.05) is 13.8 Å². The lowest BCUT2D eigenvalue weighted by Crippen LogP contribution is -1.88. The summed E-state index contributed by atoms with van der Waals surface area (Å²) in [4.78, 5) is 13.9. The average molecular weight is 273 g/mol. The zero-order valence-electron chi connectivity index (χ0n) is 11.0. The van der Waals surface area contributed by atoms with E-state index in [9.17, 15) is 0 Å². The fourth-order valence-corrected chi connectivity index (χ4v) is 1.01. The average Bonchev–Trinajstić information content (AvgIpc) is 3.14. The summed E-state index contributed by atoms with van der Waals surface area (Å²) in [5.41, 5.74) is 0. The molecule has 2 aromatic heterocycles. The predicted octanol–water partition coefficient (Wildman–Crippen LogP) is 0.298. The van der Waals surface area contributed by atoms with Gasteiger partial charge in [-0.3, -0.25) is 0 Å². The van der Waals surface area contributed by atoms with Gasteiger partial charge >= 0.3 is 0 Å². The Bertz CT molecular complexity index is 433. The number of aromatic nitrogens is 4. The number of aryl methyl sites for hydroxylation is 2. The number of H-pyrrole nitrogens is 2. The van der Waals surface area contributed by atoms with Crippen molar-refractivity contribution in [3.8, 4) is 12.4 Å². The first-order chi connectivity index (χ1) is 9.28. The molecule has 8 heteroatoms. The second kappa shape index (κ2) is 14.3. The van der Waals surface area contributed by atoms with Crippen LogP contribution in [0.4, 0.5) is 0 Å². The van der Waals surface area contributed by atoms with Crippen LogP contribution in [0, 0.1) is 22.9 Å². The molecule has 0 unspecified atom stereocenters. The van der Waals surface area contributed by atoms with Crippen LogP contribution >= 0.6 is 0 Å². The zero-order chi connectivity index (χ0) is 14.3. The fraction of sp³-hybridized carbons (Fsp3) is 0.333. The summed E-state index contributed by atoms with van der Waals surface area (Å²) in [7, 11) is 0. The summed E-state index contributed by atoms with van der Waals surface area (Å²) in [5.74, 6) is 2.11. The molecule has 0 aliphatic heterocycles. The minimum absolute atomic E-state index is 0. The van der Waals surface area contributed by atoms with Crippen LogP contribution in [0.2, 0.25) is 0 Å². The second-order valence-electron chi connectivity index (χ2n) is 3.13. The number of hydrogen-bond acceptors (Lipinski definition) is 5. The maximum Gasteiger partial charge on any atom is 0.190 e. The van der Waals surface area contributed by atoms with E-state index in [1.807, 2.05) is 12.4 Å². The smallest absolute Gasteiger partial charge is 0.190 e. The normalized spacial score (nSPS) is 7.40. The van der Waals surface area contributed by atoms with E-state index in [1.54, 1.807) is 17.7 Å². The molecule has 0 bridgehead atoms. The van der Waals surface area contributed by atoms with Crippen LogP contribution < -0.4 is 5.32 Å². The Labute approximate surface area is 120 Å². The Morgan fingerprint density at radius 1 is 1.00 bits per heavy atom. The topological polar surface area (TPSA) is 117 Å². The van der Waals surface area contributed by atoms with Gasteiger partial charge in [-0.05, 0) is 0 Å². The van der Waals surface area contributed by atoms with Crippen LogP contribution in [0.1, 0.15) is 25.5 Å². The van der Waals surface area contributed by atoms with Crippen molar-refractivity contribution >= 4 is 8.41 Å². The lowest BCUT2D eigenvalue weighted by molar-refractivity contribution is 0.989. The molecule has 0 aliphatic rings. The van der Waals surface area contributed by atoms with E-state index < -0.39 is 0 Å². The van der Waals surface area contributed by atoms with Crippen LogP contribution in [0.5, 0.6) is 0 Å². The SMILES string of the molecule is B.CCc1ncc[nH]1.CCc1ncc[nH]1.N#CNC#N. The quantitative estimate of drug-likeness (QED) is 0.413. The number of rotatable bonds is 2. The molecule has 0 radical (unpaired) electrons. The minimum Gasteiger partial charge on any atom is -0.349 e. The van der Waals surface area contributed by atoms with Crippen molar-refractivity contribution in [2.24, 2.45) is 0 Å². The highest BCUT2D eigenvalue weighted by molar-refractivity contribution is 5.75. The van der Waals surface area contributed by atoms with E-state index >= 15 is 0 Å². The molecule has 0 amide bonds. The van der Waals surface area contributed by atoms with Gasteiger partial charge in [0.05, 0.1) is 8.41 Å². The summed E-state index contributed by atoms with van der Waals surface area (Å²) < 4.78 is 0. The molecular weight excluding hydrogens is 253 g/mol. The molecule has 2 heterocycles. The highest BCUT2D eigenvalue weighted by Crippen LogP contribution is 1.86. The summed E-state index contributed by atoms with van der Waals surface area (Å²) in [5, 5.41) is 16.7. The molecule has 106 valence electrons. The maximum atomic E-state index is 7.48. The van der Waals surface area contributed by atoms with E-state index in [1.165, 1.54) is 12.4 Å². The van der Waals surface area contributed by atoms with Gasteiger partial charge in [-0.25, -0.2) is 15.3 Å². The van der Waals surface area contributed by atoms with Crippen LogP contribution in [0.3, 0.4) is 0 Å². The predicted molar refractivity (Wildman–Crippen MR) is 80.2 cm³/mol. The van der Waals surface area contributed by atoms with Gasteiger partial charge in [-0.15, -0.1) is 0 Å². The zero-order valence-corrected chi connectivity index (χ0v) is 11.0. The summed E-state index contributed by atoms with van der Waals surface area (Å²) in [6, 6.07) is 0. The van der Waals surface area contributed by atoms with Gasteiger partial charge in [0.15, 0.2) is 12.4 Å². The third kappa shape index (κ3) is 10.4. The molecule has 0 spiro atoms. The van der Waals surface area contributed by atoms with E-state index in [0.29, 0.717) is 0 Å². The van der Waals surface area contributed by atoms with E-state index in [2.05, 4.69) is 33.8 Å². The lowest BCUT2D eigenvalue weighted by Gasteiger charge is -1.79. The molecule has 0 aliphatic carbocycles. The Balaban J connectivity index is 0. The molecule has 3 N–H and O–H groups in total. The summed E-state index contributed by atoms with van der Waals surface area (Å²) in [6.45, 7) is 4.14. The van der Waals surface area contributed by atoms with Crippen LogP contribution in [-0.2, 0) is 12.8 Å². The van der Waals surface area contributed by atoms with E-state index in [-0.39, 0.29) is 8.41 Å². The standard InChI is InChI=1S/2C5H8N2.C2HN3.BH3/c2*1-2-5-6-3-4-7-5;3-1-5-2-4;/h2*3-4H,2H2,1H3,(H,6,7);5H;1H3. The van der Waals surface area contributed by atoms with Gasteiger partial charge in [0.2, 0.25) is 0 Å². The monoisotopic (exact) mass is 273 g/mol. The van der Waals surface area contributed by atoms with Crippen LogP contribution in [-0.4, -0.2) is 28.3 Å². The first-order valence-corrected chi connectivity index (χ1v) is 5.78. The van der Waals surface area contributed by atoms with Crippen molar-refractivity contribution in [1.29, 1.82) is 10.5 Å². The molecule has 0 aromatic carbocycles. The molecule has 7 nitrogen and oxygen atoms in total. The van der Waals surface area contributed by atoms with Gasteiger partial charge in [0, 0.05) is 37.6 Å². The molecule has 20 heavy (non-hydrogen) atoms. The summed E-state index contributed by atoms with van der Waals surface area (Å²) >= 11 is 0. The number of nitriles is 2. The molecule has 0 saturated carbocycles. The number of nitrogens with one attached hydrogen (secondary N) is 3. The highest BCUT2D eigenvalue weighted by Gasteiger charge is 1.83. The van der Waals surface area contributed by atoms with Crippen molar-refractivity contribution in [1.82, 2.24) is 25.3 Å². The third-order valence-corrected chi connectivity index (χ3v) is 1.89. The molecular formula is C12H20BN7. The number of nitrogens with zero attached hydrogens (tertiary/aromatic N) is 4. The molecule has 2 rings (SSSR count). The van der Waals surface area contributed by atoms with E-state index in [0.717, 1.165) is 24.5 Å². The maximum absolute atomic E-state index is 7.48. The Morgan fingerprint density at radius 2 is 1.40 bits per heavy atom. The van der Waals surface area contributed by atoms with Gasteiger partial charge in [0.25, 0.3) is 0 Å². The lowest BCUT2D eigenvalue weighted by atomic mass is 10.5. The fourth-order valence-electron chi connectivity index (χ4n) is 1.01. The Kier molecular flexibility index (Phi) is 14.0. The third-order valence-electron chi connectivity index (χ3n) is 1.89. The minimum atomic E-state index is 0. The van der Waals surface area contributed by atoms with Crippen molar-refractivity contribution < 1.29 is 0 Å². The van der Waals surface area contributed by atoms with Gasteiger partial charge in [-0.2, -0.15) is 10.5 Å². The van der Waals surface area contributed by atoms with Crippen molar-refractivity contribution in [2.45, 2.75) is 26.7 Å². The Hall–Kier alpha value is -2.74. The number of imidazole rings is 2. The van der Waals surface area contributed by atoms with Gasteiger partial charge in [0.1, 0.15) is 11.6 Å². The molecule has 0 fully saturated rings. The molecule has 0 saturated heterocycles. The van der Waals surface area contributed by atoms with Crippen LogP contribution in [0.25, 0.3) is 0 Å². The van der Waals surface area contributed by atoms with Crippen molar-refractivity contribution in [3.05, 3.63) is 36.4 Å². The van der Waals surface area contributed by atoms with Crippen molar-refractivity contribution in [2.75, 3.05) is 0 Å². The largest absolute Gasteiger partial charge is 0.349 e. The number of aromatic amines is 2. The van der Waals surface area contributed by atoms with Crippen LogP contribution in [0.15, 0.2) is 24.8 Å². The second-order valence-corrected chi connectivity index (χ2v) is 3.13. The van der Waals surface area contributed by atoms with Crippen molar-refractivity contribution in [3.63, 3.8) is 0 Å². The van der Waals surface area contributed by atoms with Gasteiger partial charge < -0.3 is 9.97 Å². The highest BCUT2D eigenvalue weighted by atomic mass is 14.9. The molecule has 0 atom stereocenters. The first-order valence-electron chi connectivity index (χ1n) is 5.78. The summed E-state index contributed by atoms with van der Waals surface area (Å²) in [6.07, 6.45) is 12.0. The van der Waals surface area contributed by atoms with E-state index in [4.69, 9.17) is 10.5 Å². The first kappa shape index (κ1) is 19.6. The molecule has 2 aromatic rings.